The molecule has 0 saturated heterocycles. The lowest BCUT2D eigenvalue weighted by Crippen LogP contribution is -2.24. The minimum absolute atomic E-state index is 0.00224. The number of hydrogen-bond donors (Lipinski definition) is 1. The molecule has 7 nitrogen and oxygen atoms in total. The van der Waals surface area contributed by atoms with Gasteiger partial charge in [-0.05, 0) is 36.8 Å². The minimum Gasteiger partial charge on any atom is -0.456 e. The Balaban J connectivity index is 1.54. The van der Waals surface area contributed by atoms with E-state index in [9.17, 15) is 14.4 Å². The van der Waals surface area contributed by atoms with Crippen molar-refractivity contribution in [1.29, 1.82) is 0 Å². The largest absolute Gasteiger partial charge is 0.456 e. The molecule has 1 aromatic heterocycles. The number of aromatic nitrogens is 2. The third-order valence-corrected chi connectivity index (χ3v) is 4.86. The Morgan fingerprint density at radius 2 is 1.97 bits per heavy atom. The van der Waals surface area contributed by atoms with Crippen LogP contribution in [0.5, 0.6) is 0 Å². The molecule has 0 radical (unpaired) electrons. The zero-order valence-corrected chi connectivity index (χ0v) is 16.8. The average molecular weight is 414 g/mol. The summed E-state index contributed by atoms with van der Waals surface area (Å²) in [4.78, 5) is 40.7. The van der Waals surface area contributed by atoms with Gasteiger partial charge in [-0.3, -0.25) is 19.0 Å². The summed E-state index contributed by atoms with van der Waals surface area (Å²) in [6.45, 7) is 1.45. The molecule has 0 fully saturated rings. The van der Waals surface area contributed by atoms with Crippen molar-refractivity contribution in [2.24, 2.45) is 7.05 Å². The highest BCUT2D eigenvalue weighted by Crippen LogP contribution is 2.19. The van der Waals surface area contributed by atoms with Crippen molar-refractivity contribution in [2.75, 3.05) is 11.9 Å². The number of amides is 1. The number of fused-ring (bicyclic) bond motifs is 1. The van der Waals surface area contributed by atoms with Gasteiger partial charge >= 0.3 is 5.97 Å². The number of halogens is 1. The Morgan fingerprint density at radius 1 is 1.21 bits per heavy atom. The third-order valence-electron chi connectivity index (χ3n) is 4.45. The molecule has 0 bridgehead atoms. The lowest BCUT2D eigenvalue weighted by atomic mass is 10.2. The van der Waals surface area contributed by atoms with Crippen molar-refractivity contribution in [3.05, 3.63) is 69.2 Å². The van der Waals surface area contributed by atoms with Crippen LogP contribution in [-0.2, 0) is 27.8 Å². The Bertz CT molecular complexity index is 1140. The molecule has 8 heteroatoms. The van der Waals surface area contributed by atoms with Crippen molar-refractivity contribution in [2.45, 2.75) is 19.8 Å². The highest BCUT2D eigenvalue weighted by Gasteiger charge is 2.12. The van der Waals surface area contributed by atoms with Crippen molar-refractivity contribution >= 4 is 40.1 Å². The van der Waals surface area contributed by atoms with Crippen LogP contribution < -0.4 is 10.9 Å². The van der Waals surface area contributed by atoms with Gasteiger partial charge in [0.1, 0.15) is 5.82 Å². The van der Waals surface area contributed by atoms with Gasteiger partial charge in [-0.25, -0.2) is 4.98 Å². The predicted molar refractivity (Wildman–Crippen MR) is 111 cm³/mol. The number of hydrogen-bond acceptors (Lipinski definition) is 5. The fourth-order valence-electron chi connectivity index (χ4n) is 2.79. The van der Waals surface area contributed by atoms with E-state index in [0.717, 1.165) is 5.56 Å². The van der Waals surface area contributed by atoms with Crippen LogP contribution >= 0.6 is 11.6 Å². The number of benzene rings is 2. The first-order valence-corrected chi connectivity index (χ1v) is 9.39. The number of ether oxygens (including phenoxy) is 1. The number of anilines is 1. The highest BCUT2D eigenvalue weighted by atomic mass is 35.5. The van der Waals surface area contributed by atoms with Gasteiger partial charge in [0.05, 0.1) is 17.3 Å². The van der Waals surface area contributed by atoms with Crippen LogP contribution in [0.15, 0.2) is 47.3 Å². The first-order valence-electron chi connectivity index (χ1n) is 9.01. The van der Waals surface area contributed by atoms with Crippen molar-refractivity contribution in [3.8, 4) is 0 Å². The molecule has 0 aliphatic heterocycles. The smallest absolute Gasteiger partial charge is 0.306 e. The second-order valence-corrected chi connectivity index (χ2v) is 6.99. The summed E-state index contributed by atoms with van der Waals surface area (Å²) in [5, 5.41) is 3.68. The quantitative estimate of drug-likeness (QED) is 0.627. The number of carbonyl (C=O) groups excluding carboxylic acids is 2. The zero-order chi connectivity index (χ0) is 21.0. The molecule has 150 valence electrons. The van der Waals surface area contributed by atoms with Crippen LogP contribution in [0.4, 0.5) is 5.69 Å². The second-order valence-electron chi connectivity index (χ2n) is 6.58. The van der Waals surface area contributed by atoms with Gasteiger partial charge in [-0.1, -0.05) is 29.8 Å². The summed E-state index contributed by atoms with van der Waals surface area (Å²) in [7, 11) is 1.61. The number of esters is 1. The van der Waals surface area contributed by atoms with Crippen molar-refractivity contribution in [1.82, 2.24) is 9.55 Å². The second kappa shape index (κ2) is 8.87. The van der Waals surface area contributed by atoms with E-state index in [0.29, 0.717) is 27.4 Å². The molecule has 29 heavy (non-hydrogen) atoms. The molecule has 1 N–H and O–H groups in total. The maximum atomic E-state index is 12.4. The Hall–Kier alpha value is -3.19. The molecule has 0 aliphatic rings. The fourth-order valence-corrected chi connectivity index (χ4v) is 2.97. The van der Waals surface area contributed by atoms with Gasteiger partial charge in [0.2, 0.25) is 0 Å². The molecular weight excluding hydrogens is 394 g/mol. The van der Waals surface area contributed by atoms with E-state index in [4.69, 9.17) is 16.3 Å². The molecular formula is C21H20ClN3O4. The topological polar surface area (TPSA) is 90.3 Å². The van der Waals surface area contributed by atoms with E-state index in [2.05, 4.69) is 10.3 Å². The van der Waals surface area contributed by atoms with Crippen molar-refractivity contribution in [3.63, 3.8) is 0 Å². The molecule has 0 aliphatic carbocycles. The summed E-state index contributed by atoms with van der Waals surface area (Å²) >= 11 is 6.02. The molecule has 0 spiro atoms. The lowest BCUT2D eigenvalue weighted by molar-refractivity contribution is -0.147. The Kier molecular flexibility index (Phi) is 6.29. The molecule has 0 atom stereocenters. The zero-order valence-electron chi connectivity index (χ0n) is 16.1. The van der Waals surface area contributed by atoms with E-state index >= 15 is 0 Å². The van der Waals surface area contributed by atoms with Crippen LogP contribution in [-0.4, -0.2) is 28.0 Å². The van der Waals surface area contributed by atoms with Gasteiger partial charge in [0, 0.05) is 24.2 Å². The summed E-state index contributed by atoms with van der Waals surface area (Å²) < 4.78 is 6.43. The fraction of sp³-hybridized carbons (Fsp3) is 0.238. The third kappa shape index (κ3) is 5.00. The van der Waals surface area contributed by atoms with Gasteiger partial charge < -0.3 is 10.1 Å². The number of rotatable bonds is 6. The van der Waals surface area contributed by atoms with Crippen LogP contribution in [0.2, 0.25) is 5.02 Å². The molecule has 1 heterocycles. The normalized spacial score (nSPS) is 10.7. The maximum absolute atomic E-state index is 12.4. The molecule has 0 saturated carbocycles. The van der Waals surface area contributed by atoms with Crippen LogP contribution in [0.25, 0.3) is 10.9 Å². The Morgan fingerprint density at radius 3 is 2.72 bits per heavy atom. The number of carbonyl (C=O) groups is 2. The van der Waals surface area contributed by atoms with E-state index in [1.54, 1.807) is 49.5 Å². The number of aryl methyl sites for hydroxylation is 2. The number of nitrogens with one attached hydrogen (secondary N) is 1. The molecule has 2 aromatic carbocycles. The molecule has 3 rings (SSSR count). The number of para-hydroxylation sites is 1. The van der Waals surface area contributed by atoms with Crippen LogP contribution in [0.3, 0.4) is 0 Å². The van der Waals surface area contributed by atoms with Crippen LogP contribution in [0, 0.1) is 6.92 Å². The first-order chi connectivity index (χ1) is 13.8. The van der Waals surface area contributed by atoms with Crippen molar-refractivity contribution < 1.29 is 14.3 Å². The highest BCUT2D eigenvalue weighted by molar-refractivity contribution is 6.31. The summed E-state index contributed by atoms with van der Waals surface area (Å²) in [5.41, 5.74) is 1.83. The van der Waals surface area contributed by atoms with Gasteiger partial charge in [0.25, 0.3) is 11.5 Å². The monoisotopic (exact) mass is 413 g/mol. The summed E-state index contributed by atoms with van der Waals surface area (Å²) in [5.74, 6) is -0.539. The van der Waals surface area contributed by atoms with Gasteiger partial charge in [-0.2, -0.15) is 0 Å². The van der Waals surface area contributed by atoms with E-state index < -0.39 is 18.5 Å². The van der Waals surface area contributed by atoms with E-state index in [1.165, 1.54) is 4.57 Å². The van der Waals surface area contributed by atoms with E-state index in [1.807, 2.05) is 6.92 Å². The van der Waals surface area contributed by atoms with E-state index in [-0.39, 0.29) is 18.4 Å². The molecule has 1 amide bonds. The van der Waals surface area contributed by atoms with Gasteiger partial charge in [-0.15, -0.1) is 0 Å². The molecule has 3 aromatic rings. The average Bonchev–Trinajstić information content (AvgIpc) is 2.71. The Labute approximate surface area is 172 Å². The van der Waals surface area contributed by atoms with Crippen LogP contribution in [0.1, 0.15) is 17.8 Å². The summed E-state index contributed by atoms with van der Waals surface area (Å²) in [6, 6.07) is 12.2. The minimum atomic E-state index is -0.551. The predicted octanol–water partition coefficient (Wildman–Crippen LogP) is 3.01. The molecule has 0 unspecified atom stereocenters. The number of nitrogens with zero attached hydrogens (tertiary/aromatic N) is 2. The first kappa shape index (κ1) is 20.5. The lowest BCUT2D eigenvalue weighted by Gasteiger charge is -2.10. The SMILES string of the molecule is Cc1ccc(NC(=O)COC(=O)CCc2nc3ccccc3c(=O)n2C)cc1Cl. The standard InChI is InChI=1S/C21H20ClN3O4/c1-13-7-8-14(11-16(13)22)23-19(26)12-29-20(27)10-9-18-24-17-6-4-3-5-15(17)21(28)25(18)2/h3-8,11H,9-10,12H2,1-2H3,(H,23,26). The van der Waals surface area contributed by atoms with Gasteiger partial charge in [0.15, 0.2) is 6.61 Å². The maximum Gasteiger partial charge on any atom is 0.306 e. The summed E-state index contributed by atoms with van der Waals surface area (Å²) in [6.07, 6.45) is 0.229.